The second-order valence-electron chi connectivity index (χ2n) is 6.02. The molecule has 0 bridgehead atoms. The molecule has 8 heteroatoms. The van der Waals surface area contributed by atoms with Crippen LogP contribution < -0.4 is 4.90 Å². The highest BCUT2D eigenvalue weighted by Gasteiger charge is 2.31. The highest BCUT2D eigenvalue weighted by Crippen LogP contribution is 2.29. The molecular formula is C18H17F3IN3O. The number of anilines is 1. The summed E-state index contributed by atoms with van der Waals surface area (Å²) in [5.74, 6) is 0.485. The Morgan fingerprint density at radius 2 is 1.81 bits per heavy atom. The van der Waals surface area contributed by atoms with E-state index in [0.29, 0.717) is 37.6 Å². The lowest BCUT2D eigenvalue weighted by Gasteiger charge is -2.23. The third kappa shape index (κ3) is 4.28. The minimum Gasteiger partial charge on any atom is -0.355 e. The number of benzene rings is 1. The number of nitrogens with zero attached hydrogens (tertiary/aromatic N) is 3. The van der Waals surface area contributed by atoms with Gasteiger partial charge in [-0.3, -0.25) is 4.79 Å². The van der Waals surface area contributed by atoms with Crippen LogP contribution >= 0.6 is 22.6 Å². The van der Waals surface area contributed by atoms with Crippen LogP contribution in [0.15, 0.2) is 42.6 Å². The molecule has 0 saturated carbocycles. The van der Waals surface area contributed by atoms with E-state index in [2.05, 4.69) is 27.6 Å². The van der Waals surface area contributed by atoms with Crippen LogP contribution in [-0.4, -0.2) is 42.0 Å². The number of amides is 1. The molecule has 1 saturated heterocycles. The van der Waals surface area contributed by atoms with E-state index in [1.54, 1.807) is 4.90 Å². The zero-order valence-corrected chi connectivity index (χ0v) is 16.0. The molecule has 1 fully saturated rings. The van der Waals surface area contributed by atoms with Crippen molar-refractivity contribution >= 4 is 34.3 Å². The van der Waals surface area contributed by atoms with Gasteiger partial charge in [0.05, 0.1) is 11.1 Å². The molecule has 1 amide bonds. The maximum Gasteiger partial charge on any atom is 0.417 e. The summed E-state index contributed by atoms with van der Waals surface area (Å²) in [6, 6.07) is 9.86. The molecule has 0 unspecified atom stereocenters. The predicted octanol–water partition coefficient (Wildman–Crippen LogP) is 4.06. The first-order valence-electron chi connectivity index (χ1n) is 8.18. The minimum atomic E-state index is -4.39. The first-order chi connectivity index (χ1) is 12.4. The Hall–Kier alpha value is -1.84. The fourth-order valence-electron chi connectivity index (χ4n) is 2.90. The van der Waals surface area contributed by atoms with Crippen molar-refractivity contribution in [2.24, 2.45) is 0 Å². The normalized spacial score (nSPS) is 15.7. The largest absolute Gasteiger partial charge is 0.417 e. The van der Waals surface area contributed by atoms with Crippen molar-refractivity contribution in [1.82, 2.24) is 9.88 Å². The number of carbonyl (C=O) groups is 1. The topological polar surface area (TPSA) is 36.4 Å². The minimum absolute atomic E-state index is 0.0165. The van der Waals surface area contributed by atoms with Crippen molar-refractivity contribution in [2.75, 3.05) is 31.1 Å². The number of hydrogen-bond acceptors (Lipinski definition) is 3. The van der Waals surface area contributed by atoms with Crippen LogP contribution in [0.4, 0.5) is 19.0 Å². The monoisotopic (exact) mass is 475 g/mol. The third-order valence-corrected chi connectivity index (χ3v) is 5.23. The molecule has 2 aromatic rings. The molecule has 0 aliphatic carbocycles. The van der Waals surface area contributed by atoms with E-state index < -0.39 is 11.7 Å². The summed E-state index contributed by atoms with van der Waals surface area (Å²) in [4.78, 5) is 20.4. The number of aromatic nitrogens is 1. The first-order valence-corrected chi connectivity index (χ1v) is 9.26. The first kappa shape index (κ1) is 18.9. The molecule has 138 valence electrons. The number of hydrogen-bond donors (Lipinski definition) is 0. The molecular weight excluding hydrogens is 458 g/mol. The van der Waals surface area contributed by atoms with Crippen molar-refractivity contribution in [3.63, 3.8) is 0 Å². The van der Waals surface area contributed by atoms with E-state index >= 15 is 0 Å². The molecule has 0 radical (unpaired) electrons. The zero-order chi connectivity index (χ0) is 18.7. The Kier molecular flexibility index (Phi) is 5.69. The van der Waals surface area contributed by atoms with Crippen LogP contribution in [0.1, 0.15) is 22.3 Å². The Labute approximate surface area is 163 Å². The maximum atomic E-state index is 12.7. The quantitative estimate of drug-likeness (QED) is 0.616. The summed E-state index contributed by atoms with van der Waals surface area (Å²) in [6.07, 6.45) is -2.80. The van der Waals surface area contributed by atoms with Crippen molar-refractivity contribution in [1.29, 1.82) is 0 Å². The lowest BCUT2D eigenvalue weighted by molar-refractivity contribution is -0.137. The number of halogens is 4. The summed E-state index contributed by atoms with van der Waals surface area (Å²) in [6.45, 7) is 2.30. The Morgan fingerprint density at radius 1 is 1.04 bits per heavy atom. The number of pyridine rings is 1. The van der Waals surface area contributed by atoms with Crippen molar-refractivity contribution < 1.29 is 18.0 Å². The SMILES string of the molecule is O=C(c1ccccc1I)N1CCCN(c2ccc(C(F)(F)F)cn2)CC1. The van der Waals surface area contributed by atoms with E-state index in [1.165, 1.54) is 6.07 Å². The Morgan fingerprint density at radius 3 is 2.46 bits per heavy atom. The van der Waals surface area contributed by atoms with E-state index in [-0.39, 0.29) is 5.91 Å². The maximum absolute atomic E-state index is 12.7. The van der Waals surface area contributed by atoms with Gasteiger partial charge in [-0.1, -0.05) is 12.1 Å². The third-order valence-electron chi connectivity index (χ3n) is 4.29. The molecule has 0 N–H and O–H groups in total. The summed E-state index contributed by atoms with van der Waals surface area (Å²) in [7, 11) is 0. The highest BCUT2D eigenvalue weighted by molar-refractivity contribution is 14.1. The van der Waals surface area contributed by atoms with Gasteiger partial charge < -0.3 is 9.80 Å². The van der Waals surface area contributed by atoms with Gasteiger partial charge in [0.25, 0.3) is 5.91 Å². The van der Waals surface area contributed by atoms with Gasteiger partial charge in [0.2, 0.25) is 0 Å². The standard InChI is InChI=1S/C18H17F3IN3O/c19-18(20,21)13-6-7-16(23-12-13)24-8-3-9-25(11-10-24)17(26)14-4-1-2-5-15(14)22/h1-2,4-7,12H,3,8-11H2. The molecule has 3 rings (SSSR count). The van der Waals surface area contributed by atoms with E-state index in [1.807, 2.05) is 29.2 Å². The smallest absolute Gasteiger partial charge is 0.355 e. The summed E-state index contributed by atoms with van der Waals surface area (Å²) in [5, 5.41) is 0. The van der Waals surface area contributed by atoms with Crippen LogP contribution in [0.3, 0.4) is 0 Å². The average molecular weight is 475 g/mol. The van der Waals surface area contributed by atoms with Crippen molar-refractivity contribution in [3.8, 4) is 0 Å². The molecule has 0 spiro atoms. The molecule has 1 aliphatic rings. The van der Waals surface area contributed by atoms with E-state index in [9.17, 15) is 18.0 Å². The molecule has 0 atom stereocenters. The fraction of sp³-hybridized carbons (Fsp3) is 0.333. The summed E-state index contributed by atoms with van der Waals surface area (Å²) >= 11 is 2.14. The fourth-order valence-corrected chi connectivity index (χ4v) is 3.51. The Balaban J connectivity index is 1.68. The van der Waals surface area contributed by atoms with Crippen LogP contribution in [0.5, 0.6) is 0 Å². The average Bonchev–Trinajstić information content (AvgIpc) is 2.87. The number of rotatable bonds is 2. The lowest BCUT2D eigenvalue weighted by Crippen LogP contribution is -2.35. The molecule has 1 aliphatic heterocycles. The van der Waals surface area contributed by atoms with Crippen LogP contribution in [0, 0.1) is 3.57 Å². The van der Waals surface area contributed by atoms with Gasteiger partial charge in [0.15, 0.2) is 0 Å². The van der Waals surface area contributed by atoms with Crippen molar-refractivity contribution in [3.05, 3.63) is 57.3 Å². The van der Waals surface area contributed by atoms with Crippen LogP contribution in [0.25, 0.3) is 0 Å². The van der Waals surface area contributed by atoms with Crippen LogP contribution in [-0.2, 0) is 6.18 Å². The van der Waals surface area contributed by atoms with Gasteiger partial charge in [-0.25, -0.2) is 4.98 Å². The van der Waals surface area contributed by atoms with Gasteiger partial charge in [-0.2, -0.15) is 13.2 Å². The molecule has 1 aromatic carbocycles. The summed E-state index contributed by atoms with van der Waals surface area (Å²) < 4.78 is 38.9. The highest BCUT2D eigenvalue weighted by atomic mass is 127. The zero-order valence-electron chi connectivity index (χ0n) is 13.8. The second kappa shape index (κ2) is 7.81. The molecule has 26 heavy (non-hydrogen) atoms. The van der Waals surface area contributed by atoms with E-state index in [4.69, 9.17) is 0 Å². The molecule has 1 aromatic heterocycles. The number of carbonyl (C=O) groups excluding carboxylic acids is 1. The Bertz CT molecular complexity index is 780. The van der Waals surface area contributed by atoms with Gasteiger partial charge in [0, 0.05) is 35.9 Å². The van der Waals surface area contributed by atoms with Gasteiger partial charge >= 0.3 is 6.18 Å². The molecule has 4 nitrogen and oxygen atoms in total. The lowest BCUT2D eigenvalue weighted by atomic mass is 10.2. The summed E-state index contributed by atoms with van der Waals surface area (Å²) in [5.41, 5.74) is -0.0827. The number of alkyl halides is 3. The van der Waals surface area contributed by atoms with Gasteiger partial charge in [0.1, 0.15) is 5.82 Å². The van der Waals surface area contributed by atoms with E-state index in [0.717, 1.165) is 22.3 Å². The van der Waals surface area contributed by atoms with Crippen molar-refractivity contribution in [2.45, 2.75) is 12.6 Å². The second-order valence-corrected chi connectivity index (χ2v) is 7.18. The van der Waals surface area contributed by atoms with Gasteiger partial charge in [-0.15, -0.1) is 0 Å². The predicted molar refractivity (Wildman–Crippen MR) is 101 cm³/mol. The van der Waals surface area contributed by atoms with Crippen LogP contribution in [0.2, 0.25) is 0 Å². The molecule has 2 heterocycles. The van der Waals surface area contributed by atoms with Gasteiger partial charge in [-0.05, 0) is 53.3 Å².